The summed E-state index contributed by atoms with van der Waals surface area (Å²) >= 11 is 0. The normalized spacial score (nSPS) is 12.3. The fourth-order valence-corrected chi connectivity index (χ4v) is 4.17. The molecule has 0 saturated heterocycles. The zero-order valence-electron chi connectivity index (χ0n) is 19.7. The summed E-state index contributed by atoms with van der Waals surface area (Å²) in [7, 11) is -3.78. The van der Waals surface area contributed by atoms with Gasteiger partial charge >= 0.3 is 0 Å². The van der Waals surface area contributed by atoms with Crippen molar-refractivity contribution in [2.75, 3.05) is 23.7 Å². The van der Waals surface area contributed by atoms with Crippen molar-refractivity contribution in [2.45, 2.75) is 40.3 Å². The van der Waals surface area contributed by atoms with Crippen LogP contribution in [-0.4, -0.2) is 50.5 Å². The third kappa shape index (κ3) is 7.56. The van der Waals surface area contributed by atoms with Gasteiger partial charge in [0.2, 0.25) is 21.8 Å². The molecule has 0 fully saturated rings. The number of amides is 2. The van der Waals surface area contributed by atoms with Gasteiger partial charge in [-0.25, -0.2) is 12.8 Å². The van der Waals surface area contributed by atoms with E-state index in [1.807, 2.05) is 13.8 Å². The molecule has 0 radical (unpaired) electrons. The largest absolute Gasteiger partial charge is 0.354 e. The van der Waals surface area contributed by atoms with Gasteiger partial charge in [-0.3, -0.25) is 13.9 Å². The number of nitrogens with zero attached hydrogens (tertiary/aromatic N) is 2. The number of aryl methyl sites for hydroxylation is 1. The van der Waals surface area contributed by atoms with Gasteiger partial charge in [0.25, 0.3) is 0 Å². The van der Waals surface area contributed by atoms with Crippen molar-refractivity contribution in [3.05, 3.63) is 65.5 Å². The lowest BCUT2D eigenvalue weighted by Crippen LogP contribution is -2.51. The highest BCUT2D eigenvalue weighted by molar-refractivity contribution is 7.92. The van der Waals surface area contributed by atoms with Crippen LogP contribution in [0, 0.1) is 18.7 Å². The Morgan fingerprint density at radius 1 is 1.03 bits per heavy atom. The van der Waals surface area contributed by atoms with E-state index in [9.17, 15) is 22.4 Å². The molecule has 0 aliphatic rings. The van der Waals surface area contributed by atoms with Crippen LogP contribution in [0.2, 0.25) is 0 Å². The van der Waals surface area contributed by atoms with Gasteiger partial charge in [0.05, 0.1) is 11.9 Å². The number of carbonyl (C=O) groups is 2. The monoisotopic (exact) mass is 477 g/mol. The molecule has 0 bridgehead atoms. The van der Waals surface area contributed by atoms with Crippen LogP contribution in [0.1, 0.15) is 31.9 Å². The lowest BCUT2D eigenvalue weighted by molar-refractivity contribution is -0.139. The van der Waals surface area contributed by atoms with E-state index in [4.69, 9.17) is 0 Å². The fourth-order valence-electron chi connectivity index (χ4n) is 3.26. The number of rotatable bonds is 10. The highest BCUT2D eigenvalue weighted by Crippen LogP contribution is 2.23. The van der Waals surface area contributed by atoms with E-state index in [-0.39, 0.29) is 18.4 Å². The van der Waals surface area contributed by atoms with Crippen molar-refractivity contribution in [2.24, 2.45) is 5.92 Å². The van der Waals surface area contributed by atoms with E-state index in [1.165, 1.54) is 29.2 Å². The maximum Gasteiger partial charge on any atom is 0.244 e. The maximum absolute atomic E-state index is 13.4. The molecular weight excluding hydrogens is 445 g/mol. The average molecular weight is 478 g/mol. The topological polar surface area (TPSA) is 86.8 Å². The predicted octanol–water partition coefficient (Wildman–Crippen LogP) is 3.09. The summed E-state index contributed by atoms with van der Waals surface area (Å²) in [6.07, 6.45) is 1.04. The number of anilines is 1. The summed E-state index contributed by atoms with van der Waals surface area (Å²) in [5, 5.41) is 2.81. The Balaban J connectivity index is 2.36. The highest BCUT2D eigenvalue weighted by atomic mass is 32.2. The van der Waals surface area contributed by atoms with E-state index in [0.717, 1.165) is 10.6 Å². The number of hydrogen-bond acceptors (Lipinski definition) is 4. The van der Waals surface area contributed by atoms with Crippen molar-refractivity contribution in [3.63, 3.8) is 0 Å². The Kier molecular flexibility index (Phi) is 8.99. The third-order valence-electron chi connectivity index (χ3n) is 5.18. The van der Waals surface area contributed by atoms with Gasteiger partial charge in [-0.1, -0.05) is 44.2 Å². The Labute approximate surface area is 195 Å². The smallest absolute Gasteiger partial charge is 0.244 e. The van der Waals surface area contributed by atoms with E-state index >= 15 is 0 Å². The summed E-state index contributed by atoms with van der Waals surface area (Å²) < 4.78 is 39.5. The first kappa shape index (κ1) is 26.3. The molecule has 0 heterocycles. The number of benzene rings is 2. The molecule has 1 atom stereocenters. The second kappa shape index (κ2) is 11.3. The number of carbonyl (C=O) groups excluding carboxylic acids is 2. The highest BCUT2D eigenvalue weighted by Gasteiger charge is 2.30. The molecular formula is C24H32FN3O4S. The molecule has 1 N–H and O–H groups in total. The van der Waals surface area contributed by atoms with Gasteiger partial charge in [-0.15, -0.1) is 0 Å². The lowest BCUT2D eigenvalue weighted by atomic mass is 10.1. The summed E-state index contributed by atoms with van der Waals surface area (Å²) in [4.78, 5) is 27.5. The molecule has 0 aliphatic carbocycles. The average Bonchev–Trinajstić information content (AvgIpc) is 2.74. The maximum atomic E-state index is 13.4. The molecule has 2 amide bonds. The van der Waals surface area contributed by atoms with Gasteiger partial charge in [0, 0.05) is 13.1 Å². The molecule has 2 aromatic carbocycles. The van der Waals surface area contributed by atoms with Crippen LogP contribution in [-0.2, 0) is 26.2 Å². The molecule has 0 spiro atoms. The Bertz CT molecular complexity index is 1070. The van der Waals surface area contributed by atoms with Crippen LogP contribution >= 0.6 is 0 Å². The molecule has 33 heavy (non-hydrogen) atoms. The van der Waals surface area contributed by atoms with Crippen LogP contribution in [0.5, 0.6) is 0 Å². The number of halogens is 1. The van der Waals surface area contributed by atoms with Gasteiger partial charge in [-0.2, -0.15) is 0 Å². The van der Waals surface area contributed by atoms with Crippen LogP contribution in [0.15, 0.2) is 48.5 Å². The number of hydrogen-bond donors (Lipinski definition) is 1. The summed E-state index contributed by atoms with van der Waals surface area (Å²) in [6, 6.07) is 11.6. The predicted molar refractivity (Wildman–Crippen MR) is 128 cm³/mol. The summed E-state index contributed by atoms with van der Waals surface area (Å²) in [5.41, 5.74) is 1.71. The van der Waals surface area contributed by atoms with Gasteiger partial charge in [-0.05, 0) is 49.1 Å². The van der Waals surface area contributed by atoms with Crippen molar-refractivity contribution in [1.29, 1.82) is 0 Å². The van der Waals surface area contributed by atoms with E-state index in [0.29, 0.717) is 23.4 Å². The molecule has 2 aromatic rings. The van der Waals surface area contributed by atoms with E-state index < -0.39 is 34.3 Å². The molecule has 180 valence electrons. The SMILES string of the molecule is Cc1ccccc1N(CC(=O)N(Cc1ccc(F)cc1)[C@H](C)C(=O)NCC(C)C)S(C)(=O)=O. The van der Waals surface area contributed by atoms with Gasteiger partial charge < -0.3 is 10.2 Å². The van der Waals surface area contributed by atoms with Crippen molar-refractivity contribution in [3.8, 4) is 0 Å². The zero-order valence-corrected chi connectivity index (χ0v) is 20.5. The molecule has 0 unspecified atom stereocenters. The Morgan fingerprint density at radius 3 is 2.18 bits per heavy atom. The number of sulfonamides is 1. The van der Waals surface area contributed by atoms with Crippen LogP contribution < -0.4 is 9.62 Å². The Morgan fingerprint density at radius 2 is 1.64 bits per heavy atom. The molecule has 2 rings (SSSR count). The van der Waals surface area contributed by atoms with E-state index in [1.54, 1.807) is 38.1 Å². The molecule has 0 saturated carbocycles. The number of para-hydroxylation sites is 1. The second-order valence-electron chi connectivity index (χ2n) is 8.52. The third-order valence-corrected chi connectivity index (χ3v) is 6.31. The lowest BCUT2D eigenvalue weighted by Gasteiger charge is -2.32. The van der Waals surface area contributed by atoms with Crippen LogP contribution in [0.3, 0.4) is 0 Å². The van der Waals surface area contributed by atoms with Crippen LogP contribution in [0.25, 0.3) is 0 Å². The quantitative estimate of drug-likeness (QED) is 0.570. The second-order valence-corrected chi connectivity index (χ2v) is 10.4. The van der Waals surface area contributed by atoms with Crippen LogP contribution in [0.4, 0.5) is 10.1 Å². The molecule has 7 nitrogen and oxygen atoms in total. The minimum absolute atomic E-state index is 0.0285. The summed E-state index contributed by atoms with van der Waals surface area (Å²) in [6.45, 7) is 7.27. The van der Waals surface area contributed by atoms with Gasteiger partial charge in [0.1, 0.15) is 18.4 Å². The molecule has 9 heteroatoms. The first-order chi connectivity index (χ1) is 15.4. The zero-order chi connectivity index (χ0) is 24.8. The van der Waals surface area contributed by atoms with Crippen molar-refractivity contribution < 1.29 is 22.4 Å². The van der Waals surface area contributed by atoms with Crippen molar-refractivity contribution >= 4 is 27.5 Å². The first-order valence-corrected chi connectivity index (χ1v) is 12.6. The van der Waals surface area contributed by atoms with Gasteiger partial charge in [0.15, 0.2) is 0 Å². The minimum Gasteiger partial charge on any atom is -0.354 e. The minimum atomic E-state index is -3.78. The van der Waals surface area contributed by atoms with E-state index in [2.05, 4.69) is 5.32 Å². The summed E-state index contributed by atoms with van der Waals surface area (Å²) in [5.74, 6) is -1.08. The number of nitrogens with one attached hydrogen (secondary N) is 1. The van der Waals surface area contributed by atoms with Crippen molar-refractivity contribution in [1.82, 2.24) is 10.2 Å². The standard InChI is InChI=1S/C24H32FN3O4S/c1-17(2)14-26-24(30)19(4)27(15-20-10-12-21(25)13-11-20)23(29)16-28(33(5,31)32)22-9-7-6-8-18(22)3/h6-13,17,19H,14-16H2,1-5H3,(H,26,30)/t19-/m1/s1. The molecule has 0 aromatic heterocycles. The Hall–Kier alpha value is -2.94. The molecule has 0 aliphatic heterocycles. The first-order valence-electron chi connectivity index (χ1n) is 10.7. The fraction of sp³-hybridized carbons (Fsp3) is 0.417.